The average molecular weight is 462 g/mol. The molecule has 8 nitrogen and oxygen atoms in total. The van der Waals surface area contributed by atoms with Crippen LogP contribution in [0, 0.1) is 12.8 Å². The highest BCUT2D eigenvalue weighted by Gasteiger charge is 2.35. The standard InChI is InChI=1S/C21H23N3O5S2/c1-12-7-9-14(10-8-12)24(18(28)13-5-3-4-6-13)19(29)17(27)23-21-22-15(11-16(25)26)20(30-2)31-21/h7-10,13H,3-6,11H2,1-2H3,(H,25,26)(H,22,23,27). The molecule has 1 fully saturated rings. The lowest BCUT2D eigenvalue weighted by molar-refractivity contribution is -0.138. The van der Waals surface area contributed by atoms with Gasteiger partial charge in [0.2, 0.25) is 5.91 Å². The summed E-state index contributed by atoms with van der Waals surface area (Å²) < 4.78 is 0.641. The highest BCUT2D eigenvalue weighted by molar-refractivity contribution is 8.00. The van der Waals surface area contributed by atoms with E-state index >= 15 is 0 Å². The number of hydrogen-bond acceptors (Lipinski definition) is 7. The van der Waals surface area contributed by atoms with Crippen molar-refractivity contribution in [3.63, 3.8) is 0 Å². The zero-order valence-corrected chi connectivity index (χ0v) is 18.8. The Labute approximate surface area is 188 Å². The predicted molar refractivity (Wildman–Crippen MR) is 119 cm³/mol. The first-order valence-corrected chi connectivity index (χ1v) is 11.9. The van der Waals surface area contributed by atoms with Crippen molar-refractivity contribution in [2.45, 2.75) is 43.2 Å². The van der Waals surface area contributed by atoms with Gasteiger partial charge >= 0.3 is 17.8 Å². The maximum Gasteiger partial charge on any atom is 0.323 e. The van der Waals surface area contributed by atoms with Gasteiger partial charge in [0, 0.05) is 5.92 Å². The average Bonchev–Trinajstić information content (AvgIpc) is 3.39. The number of hydrogen-bond donors (Lipinski definition) is 2. The fourth-order valence-electron chi connectivity index (χ4n) is 3.45. The summed E-state index contributed by atoms with van der Waals surface area (Å²) in [6.45, 7) is 1.89. The number of aryl methyl sites for hydroxylation is 1. The van der Waals surface area contributed by atoms with Crippen LogP contribution in [0.2, 0.25) is 0 Å². The Balaban J connectivity index is 1.84. The summed E-state index contributed by atoms with van der Waals surface area (Å²) in [6, 6.07) is 6.85. The number of amides is 3. The van der Waals surface area contributed by atoms with Gasteiger partial charge in [-0.3, -0.25) is 24.5 Å². The van der Waals surface area contributed by atoms with E-state index in [9.17, 15) is 19.2 Å². The second-order valence-corrected chi connectivity index (χ2v) is 9.35. The summed E-state index contributed by atoms with van der Waals surface area (Å²) >= 11 is 2.40. The molecule has 1 aliphatic rings. The van der Waals surface area contributed by atoms with Crippen molar-refractivity contribution in [3.05, 3.63) is 35.5 Å². The Kier molecular flexibility index (Phi) is 7.45. The van der Waals surface area contributed by atoms with E-state index in [2.05, 4.69) is 10.3 Å². The summed E-state index contributed by atoms with van der Waals surface area (Å²) in [7, 11) is 0. The van der Waals surface area contributed by atoms with Crippen LogP contribution in [0.3, 0.4) is 0 Å². The monoisotopic (exact) mass is 461 g/mol. The van der Waals surface area contributed by atoms with Gasteiger partial charge in [-0.1, -0.05) is 41.9 Å². The fourth-order valence-corrected chi connectivity index (χ4v) is 5.09. The number of rotatable bonds is 6. The van der Waals surface area contributed by atoms with Gasteiger partial charge in [-0.25, -0.2) is 9.88 Å². The molecule has 2 N–H and O–H groups in total. The third-order valence-corrected chi connectivity index (χ3v) is 7.16. The summed E-state index contributed by atoms with van der Waals surface area (Å²) in [4.78, 5) is 55.0. The molecule has 0 radical (unpaired) electrons. The Morgan fingerprint density at radius 3 is 2.42 bits per heavy atom. The lowest BCUT2D eigenvalue weighted by Gasteiger charge is -2.23. The van der Waals surface area contributed by atoms with Crippen molar-refractivity contribution in [1.29, 1.82) is 0 Å². The van der Waals surface area contributed by atoms with Crippen LogP contribution in [0.15, 0.2) is 28.5 Å². The van der Waals surface area contributed by atoms with Crippen LogP contribution in [0.5, 0.6) is 0 Å². The molecule has 0 spiro atoms. The van der Waals surface area contributed by atoms with Crippen molar-refractivity contribution in [1.82, 2.24) is 4.98 Å². The number of thiazole rings is 1. The number of nitrogens with one attached hydrogen (secondary N) is 1. The molecule has 0 saturated heterocycles. The number of carboxylic acids is 1. The summed E-state index contributed by atoms with van der Waals surface area (Å²) in [5.74, 6) is -3.68. The summed E-state index contributed by atoms with van der Waals surface area (Å²) in [6.07, 6.45) is 4.71. The fraction of sp³-hybridized carbons (Fsp3) is 0.381. The molecular formula is C21H23N3O5S2. The quantitative estimate of drug-likeness (QED) is 0.499. The molecule has 0 unspecified atom stereocenters. The van der Waals surface area contributed by atoms with E-state index in [1.807, 2.05) is 6.92 Å². The molecule has 3 rings (SSSR count). The molecule has 0 bridgehead atoms. The van der Waals surface area contributed by atoms with Gasteiger partial charge in [0.25, 0.3) is 0 Å². The number of carbonyl (C=O) groups excluding carboxylic acids is 3. The first-order chi connectivity index (χ1) is 14.8. The van der Waals surface area contributed by atoms with Crippen molar-refractivity contribution in [2.24, 2.45) is 5.92 Å². The maximum atomic E-state index is 13.1. The minimum atomic E-state index is -1.04. The smallest absolute Gasteiger partial charge is 0.323 e. The Morgan fingerprint density at radius 1 is 1.19 bits per heavy atom. The summed E-state index contributed by atoms with van der Waals surface area (Å²) in [5.41, 5.74) is 1.63. The molecule has 31 heavy (non-hydrogen) atoms. The molecule has 10 heteroatoms. The number of aromatic nitrogens is 1. The Hall–Kier alpha value is -2.72. The van der Waals surface area contributed by atoms with Gasteiger partial charge < -0.3 is 5.11 Å². The van der Waals surface area contributed by atoms with E-state index in [1.165, 1.54) is 11.8 Å². The first-order valence-electron chi connectivity index (χ1n) is 9.81. The van der Waals surface area contributed by atoms with Crippen LogP contribution < -0.4 is 10.2 Å². The normalized spacial score (nSPS) is 13.7. The van der Waals surface area contributed by atoms with Gasteiger partial charge in [-0.15, -0.1) is 11.8 Å². The number of carbonyl (C=O) groups is 4. The Morgan fingerprint density at radius 2 is 1.84 bits per heavy atom. The van der Waals surface area contributed by atoms with Crippen LogP contribution >= 0.6 is 23.1 Å². The highest BCUT2D eigenvalue weighted by Crippen LogP contribution is 2.32. The van der Waals surface area contributed by atoms with Crippen molar-refractivity contribution in [3.8, 4) is 0 Å². The van der Waals surface area contributed by atoms with Gasteiger partial charge in [0.15, 0.2) is 5.13 Å². The number of imide groups is 1. The second-order valence-electron chi connectivity index (χ2n) is 7.28. The maximum absolute atomic E-state index is 13.1. The second kappa shape index (κ2) is 10.1. The van der Waals surface area contributed by atoms with E-state index in [0.29, 0.717) is 28.4 Å². The minimum absolute atomic E-state index is 0.121. The molecule has 2 aromatic rings. The van der Waals surface area contributed by atoms with E-state index in [4.69, 9.17) is 5.11 Å². The third kappa shape index (κ3) is 5.50. The van der Waals surface area contributed by atoms with Gasteiger partial charge in [-0.05, 0) is 38.2 Å². The molecule has 1 heterocycles. The van der Waals surface area contributed by atoms with E-state index in [1.54, 1.807) is 30.5 Å². The topological polar surface area (TPSA) is 117 Å². The zero-order valence-electron chi connectivity index (χ0n) is 17.2. The molecule has 1 aromatic heterocycles. The van der Waals surface area contributed by atoms with Gasteiger partial charge in [0.1, 0.15) is 0 Å². The molecule has 164 valence electrons. The van der Waals surface area contributed by atoms with E-state index in [-0.39, 0.29) is 23.4 Å². The third-order valence-electron chi connectivity index (χ3n) is 5.00. The molecule has 3 amide bonds. The first kappa shape index (κ1) is 23.0. The number of benzene rings is 1. The molecular weight excluding hydrogens is 438 g/mol. The van der Waals surface area contributed by atoms with E-state index in [0.717, 1.165) is 34.6 Å². The lowest BCUT2D eigenvalue weighted by atomic mass is 10.1. The van der Waals surface area contributed by atoms with E-state index < -0.39 is 17.8 Å². The highest BCUT2D eigenvalue weighted by atomic mass is 32.2. The zero-order chi connectivity index (χ0) is 22.5. The molecule has 1 aliphatic carbocycles. The van der Waals surface area contributed by atoms with Crippen molar-refractivity contribution in [2.75, 3.05) is 16.5 Å². The summed E-state index contributed by atoms with van der Waals surface area (Å²) in [5, 5.41) is 11.6. The minimum Gasteiger partial charge on any atom is -0.481 e. The van der Waals surface area contributed by atoms with Crippen molar-refractivity contribution >= 4 is 57.6 Å². The lowest BCUT2D eigenvalue weighted by Crippen LogP contribution is -2.46. The van der Waals surface area contributed by atoms with Crippen LogP contribution in [0.25, 0.3) is 0 Å². The number of nitrogens with zero attached hydrogens (tertiary/aromatic N) is 2. The molecule has 1 saturated carbocycles. The van der Waals surface area contributed by atoms with Crippen LogP contribution in [-0.4, -0.2) is 40.0 Å². The van der Waals surface area contributed by atoms with Gasteiger partial charge in [-0.2, -0.15) is 0 Å². The molecule has 0 atom stereocenters. The van der Waals surface area contributed by atoms with Crippen molar-refractivity contribution < 1.29 is 24.3 Å². The SMILES string of the molecule is CSc1sc(NC(=O)C(=O)N(C(=O)C2CCCC2)c2ccc(C)cc2)nc1CC(=O)O. The number of thioether (sulfide) groups is 1. The molecule has 0 aliphatic heterocycles. The number of anilines is 2. The van der Waals surface area contributed by atoms with Crippen LogP contribution in [0.1, 0.15) is 36.9 Å². The number of aliphatic carboxylic acids is 1. The molecule has 1 aromatic carbocycles. The van der Waals surface area contributed by atoms with Crippen LogP contribution in [-0.2, 0) is 25.6 Å². The van der Waals surface area contributed by atoms with Gasteiger partial charge in [0.05, 0.1) is 22.0 Å². The van der Waals surface area contributed by atoms with Crippen LogP contribution in [0.4, 0.5) is 10.8 Å². The predicted octanol–water partition coefficient (Wildman–Crippen LogP) is 3.49. The largest absolute Gasteiger partial charge is 0.481 e. The number of carboxylic acid groups (broad SMARTS) is 1. The Bertz CT molecular complexity index is 997.